The van der Waals surface area contributed by atoms with Crippen LogP contribution in [-0.2, 0) is 4.79 Å². The van der Waals surface area contributed by atoms with Crippen molar-refractivity contribution >= 4 is 28.5 Å². The van der Waals surface area contributed by atoms with Crippen molar-refractivity contribution in [2.24, 2.45) is 0 Å². The quantitative estimate of drug-likeness (QED) is 0.392. The normalized spacial score (nSPS) is 13.3. The summed E-state index contributed by atoms with van der Waals surface area (Å²) in [6.45, 7) is 3.27. The Morgan fingerprint density at radius 3 is 2.63 bits per heavy atom. The van der Waals surface area contributed by atoms with Gasteiger partial charge in [0.2, 0.25) is 5.91 Å². The van der Waals surface area contributed by atoms with Gasteiger partial charge in [0.15, 0.2) is 0 Å². The minimum absolute atomic E-state index is 0.0545. The molecule has 2 aromatic heterocycles. The number of fused-ring (bicyclic) bond motifs is 1. The summed E-state index contributed by atoms with van der Waals surface area (Å²) >= 11 is 0. The number of ether oxygens (including phenoxy) is 1. The van der Waals surface area contributed by atoms with Gasteiger partial charge in [0.05, 0.1) is 18.4 Å². The van der Waals surface area contributed by atoms with Crippen molar-refractivity contribution in [3.63, 3.8) is 0 Å². The number of H-pyrrole nitrogens is 1. The van der Waals surface area contributed by atoms with E-state index in [-0.39, 0.29) is 11.8 Å². The van der Waals surface area contributed by atoms with Gasteiger partial charge in [-0.15, -0.1) is 0 Å². The topological polar surface area (TPSA) is 87.3 Å². The summed E-state index contributed by atoms with van der Waals surface area (Å²) in [6, 6.07) is 15.6. The van der Waals surface area contributed by atoms with Gasteiger partial charge in [-0.05, 0) is 42.7 Å². The predicted molar refractivity (Wildman–Crippen MR) is 138 cm³/mol. The first-order valence-electron chi connectivity index (χ1n) is 11.9. The second-order valence-corrected chi connectivity index (χ2v) is 8.68. The zero-order valence-corrected chi connectivity index (χ0v) is 19.9. The molecule has 7 nitrogen and oxygen atoms in total. The number of anilines is 1. The number of para-hydroxylation sites is 1. The molecule has 1 aliphatic rings. The lowest BCUT2D eigenvalue weighted by Crippen LogP contribution is -2.28. The highest BCUT2D eigenvalue weighted by Gasteiger charge is 2.23. The number of pyridine rings is 1. The highest BCUT2D eigenvalue weighted by molar-refractivity contribution is 6.05. The van der Waals surface area contributed by atoms with Gasteiger partial charge in [-0.3, -0.25) is 9.59 Å². The molecule has 1 saturated heterocycles. The van der Waals surface area contributed by atoms with Crippen LogP contribution in [0.1, 0.15) is 36.5 Å². The molecule has 5 rings (SSSR count). The van der Waals surface area contributed by atoms with Crippen molar-refractivity contribution in [2.45, 2.75) is 26.2 Å². The second-order valence-electron chi connectivity index (χ2n) is 8.68. The van der Waals surface area contributed by atoms with Crippen LogP contribution >= 0.6 is 0 Å². The molecule has 0 bridgehead atoms. The van der Waals surface area contributed by atoms with Crippen LogP contribution in [0, 0.1) is 0 Å². The standard InChI is InChI=1S/C28H28N4O3/c1-3-26(33)31-24-11-10-18(14-22(24)28(34)32-12-6-7-13-32)19-15-21-23(17-30-27(21)29-16-19)20-8-4-5-9-25(20)35-2/h4-5,8-11,14-17H,3,6-7,12-13H2,1-2H3,(H,29,30)(H,31,33). The molecule has 3 heterocycles. The second kappa shape index (κ2) is 9.62. The molecule has 7 heteroatoms. The molecule has 0 radical (unpaired) electrons. The van der Waals surface area contributed by atoms with Crippen LogP contribution in [-0.4, -0.2) is 46.9 Å². The molecule has 0 saturated carbocycles. The summed E-state index contributed by atoms with van der Waals surface area (Å²) in [7, 11) is 1.66. The summed E-state index contributed by atoms with van der Waals surface area (Å²) in [5.41, 5.74) is 5.54. The average molecular weight is 469 g/mol. The van der Waals surface area contributed by atoms with Gasteiger partial charge in [-0.2, -0.15) is 0 Å². The first kappa shape index (κ1) is 22.7. The van der Waals surface area contributed by atoms with Gasteiger partial charge in [-0.1, -0.05) is 31.2 Å². The van der Waals surface area contributed by atoms with Crippen LogP contribution in [0.15, 0.2) is 60.9 Å². The zero-order chi connectivity index (χ0) is 24.4. The van der Waals surface area contributed by atoms with Crippen molar-refractivity contribution in [2.75, 3.05) is 25.5 Å². The monoisotopic (exact) mass is 468 g/mol. The predicted octanol–water partition coefficient (Wildman–Crippen LogP) is 5.49. The number of methoxy groups -OCH3 is 1. The molecule has 1 aliphatic heterocycles. The number of carbonyl (C=O) groups excluding carboxylic acids is 2. The molecule has 178 valence electrons. The van der Waals surface area contributed by atoms with Crippen molar-refractivity contribution in [3.8, 4) is 28.0 Å². The summed E-state index contributed by atoms with van der Waals surface area (Å²) < 4.78 is 5.57. The maximum absolute atomic E-state index is 13.3. The number of amides is 2. The lowest BCUT2D eigenvalue weighted by atomic mass is 9.99. The van der Waals surface area contributed by atoms with Crippen molar-refractivity contribution in [3.05, 3.63) is 66.5 Å². The third kappa shape index (κ3) is 4.37. The number of nitrogens with one attached hydrogen (secondary N) is 2. The molecular formula is C28H28N4O3. The average Bonchev–Trinajstić information content (AvgIpc) is 3.58. The lowest BCUT2D eigenvalue weighted by Gasteiger charge is -2.19. The zero-order valence-electron chi connectivity index (χ0n) is 19.9. The maximum Gasteiger partial charge on any atom is 0.255 e. The molecule has 0 unspecified atom stereocenters. The third-order valence-corrected chi connectivity index (χ3v) is 6.50. The van der Waals surface area contributed by atoms with E-state index in [2.05, 4.69) is 21.4 Å². The highest BCUT2D eigenvalue weighted by atomic mass is 16.5. The van der Waals surface area contributed by atoms with E-state index >= 15 is 0 Å². The molecule has 0 aliphatic carbocycles. The number of likely N-dealkylation sites (tertiary alicyclic amines) is 1. The number of hydrogen-bond acceptors (Lipinski definition) is 4. The van der Waals surface area contributed by atoms with Crippen LogP contribution in [0.2, 0.25) is 0 Å². The van der Waals surface area contributed by atoms with E-state index in [4.69, 9.17) is 4.74 Å². The lowest BCUT2D eigenvalue weighted by molar-refractivity contribution is -0.115. The van der Waals surface area contributed by atoms with Gasteiger partial charge in [0.25, 0.3) is 5.91 Å². The number of benzene rings is 2. The van der Waals surface area contributed by atoms with Crippen LogP contribution in [0.25, 0.3) is 33.3 Å². The Labute approximate surface area is 204 Å². The summed E-state index contributed by atoms with van der Waals surface area (Å²) in [4.78, 5) is 35.2. The number of hydrogen-bond donors (Lipinski definition) is 2. The van der Waals surface area contributed by atoms with Crippen molar-refractivity contribution in [1.82, 2.24) is 14.9 Å². The van der Waals surface area contributed by atoms with E-state index < -0.39 is 0 Å². The number of nitrogens with zero attached hydrogens (tertiary/aromatic N) is 2. The fourth-order valence-corrected chi connectivity index (χ4v) is 4.59. The van der Waals surface area contributed by atoms with E-state index in [1.807, 2.05) is 53.6 Å². The molecule has 35 heavy (non-hydrogen) atoms. The van der Waals surface area contributed by atoms with Crippen LogP contribution in [0.4, 0.5) is 5.69 Å². The van der Waals surface area contributed by atoms with Gasteiger partial charge in [0.1, 0.15) is 11.4 Å². The fourth-order valence-electron chi connectivity index (χ4n) is 4.59. The highest BCUT2D eigenvalue weighted by Crippen LogP contribution is 2.36. The minimum Gasteiger partial charge on any atom is -0.496 e. The molecule has 2 amide bonds. The first-order valence-corrected chi connectivity index (χ1v) is 11.9. The van der Waals surface area contributed by atoms with Crippen LogP contribution in [0.3, 0.4) is 0 Å². The van der Waals surface area contributed by atoms with E-state index in [1.165, 1.54) is 0 Å². The largest absolute Gasteiger partial charge is 0.496 e. The van der Waals surface area contributed by atoms with E-state index in [0.717, 1.165) is 65.0 Å². The molecule has 0 atom stereocenters. The molecular weight excluding hydrogens is 440 g/mol. The van der Waals surface area contributed by atoms with Crippen molar-refractivity contribution in [1.29, 1.82) is 0 Å². The minimum atomic E-state index is -0.120. The molecule has 0 spiro atoms. The first-order chi connectivity index (χ1) is 17.1. The molecule has 2 aromatic carbocycles. The Kier molecular flexibility index (Phi) is 6.23. The molecule has 1 fully saturated rings. The van der Waals surface area contributed by atoms with E-state index in [9.17, 15) is 9.59 Å². The Hall–Kier alpha value is -4.13. The Morgan fingerprint density at radius 2 is 1.86 bits per heavy atom. The Balaban J connectivity index is 1.59. The van der Waals surface area contributed by atoms with Crippen LogP contribution in [0.5, 0.6) is 5.75 Å². The molecule has 4 aromatic rings. The third-order valence-electron chi connectivity index (χ3n) is 6.50. The SMILES string of the molecule is CCC(=O)Nc1ccc(-c2cnc3[nH]cc(-c4ccccc4OC)c3c2)cc1C(=O)N1CCCC1. The summed E-state index contributed by atoms with van der Waals surface area (Å²) in [6.07, 6.45) is 6.09. The Morgan fingerprint density at radius 1 is 1.06 bits per heavy atom. The summed E-state index contributed by atoms with van der Waals surface area (Å²) in [5, 5.41) is 3.85. The summed E-state index contributed by atoms with van der Waals surface area (Å²) in [5.74, 6) is 0.611. The maximum atomic E-state index is 13.3. The van der Waals surface area contributed by atoms with Gasteiger partial charge < -0.3 is 19.9 Å². The smallest absolute Gasteiger partial charge is 0.255 e. The number of rotatable bonds is 6. The number of aromatic nitrogens is 2. The fraction of sp³-hybridized carbons (Fsp3) is 0.250. The van der Waals surface area contributed by atoms with Gasteiger partial charge >= 0.3 is 0 Å². The van der Waals surface area contributed by atoms with Gasteiger partial charge in [0, 0.05) is 54.0 Å². The van der Waals surface area contributed by atoms with Gasteiger partial charge in [-0.25, -0.2) is 4.98 Å². The number of carbonyl (C=O) groups is 2. The van der Waals surface area contributed by atoms with E-state index in [0.29, 0.717) is 17.7 Å². The number of aromatic amines is 1. The Bertz CT molecular complexity index is 1400. The van der Waals surface area contributed by atoms with Crippen LogP contribution < -0.4 is 10.1 Å². The van der Waals surface area contributed by atoms with E-state index in [1.54, 1.807) is 20.2 Å². The molecule has 2 N–H and O–H groups in total. The van der Waals surface area contributed by atoms with Crippen molar-refractivity contribution < 1.29 is 14.3 Å².